The highest BCUT2D eigenvalue weighted by Gasteiger charge is 2.00. The minimum Gasteiger partial charge on any atom is -0.461 e. The Labute approximate surface area is 83.4 Å². The largest absolute Gasteiger partial charge is 0.461 e. The van der Waals surface area contributed by atoms with Crippen LogP contribution in [0.4, 0.5) is 0 Å². The molecule has 14 heavy (non-hydrogen) atoms. The Morgan fingerprint density at radius 1 is 1.21 bits per heavy atom. The minimum atomic E-state index is -0.0705. The molecule has 4 heteroatoms. The Bertz CT molecular complexity index is 244. The van der Waals surface area contributed by atoms with Gasteiger partial charge in [-0.15, -0.1) is 0 Å². The molecule has 0 aliphatic heterocycles. The Kier molecular flexibility index (Phi) is 5.29. The van der Waals surface area contributed by atoms with E-state index in [0.717, 1.165) is 5.76 Å². The van der Waals surface area contributed by atoms with Crippen LogP contribution in [0.5, 0.6) is 0 Å². The smallest absolute Gasteiger partial charge is 0.129 e. The fraction of sp³-hybridized carbons (Fsp3) is 0.600. The summed E-state index contributed by atoms with van der Waals surface area (Å²) in [5, 5.41) is 8.74. The third-order valence-electron chi connectivity index (χ3n) is 1.69. The topological polar surface area (TPSA) is 51.8 Å². The zero-order valence-corrected chi connectivity index (χ0v) is 8.36. The van der Waals surface area contributed by atoms with Gasteiger partial charge in [-0.1, -0.05) is 0 Å². The number of aliphatic hydroxyl groups excluding tert-OH is 1. The van der Waals surface area contributed by atoms with Gasteiger partial charge in [-0.05, 0) is 19.1 Å². The van der Waals surface area contributed by atoms with E-state index in [1.165, 1.54) is 0 Å². The van der Waals surface area contributed by atoms with E-state index in [1.807, 2.05) is 6.92 Å². The molecule has 0 spiro atoms. The van der Waals surface area contributed by atoms with Gasteiger partial charge in [0.2, 0.25) is 0 Å². The van der Waals surface area contributed by atoms with Crippen molar-refractivity contribution in [3.63, 3.8) is 0 Å². The molecule has 1 heterocycles. The highest BCUT2D eigenvalue weighted by Crippen LogP contribution is 2.08. The van der Waals surface area contributed by atoms with Crippen molar-refractivity contribution in [2.24, 2.45) is 0 Å². The lowest BCUT2D eigenvalue weighted by molar-refractivity contribution is 0.0382. The van der Waals surface area contributed by atoms with Crippen LogP contribution in [0, 0.1) is 0 Å². The molecule has 0 saturated carbocycles. The van der Waals surface area contributed by atoms with Crippen molar-refractivity contribution < 1.29 is 19.0 Å². The van der Waals surface area contributed by atoms with E-state index in [2.05, 4.69) is 0 Å². The molecule has 80 valence electrons. The maximum absolute atomic E-state index is 8.74. The van der Waals surface area contributed by atoms with Gasteiger partial charge in [0.1, 0.15) is 24.7 Å². The van der Waals surface area contributed by atoms with Crippen molar-refractivity contribution in [3.8, 4) is 0 Å². The molecule has 1 N–H and O–H groups in total. The normalized spacial score (nSPS) is 10.7. The van der Waals surface area contributed by atoms with Crippen molar-refractivity contribution in [1.82, 2.24) is 0 Å². The molecule has 0 aromatic carbocycles. The fourth-order valence-corrected chi connectivity index (χ4v) is 1.02. The predicted molar refractivity (Wildman–Crippen MR) is 50.8 cm³/mol. The van der Waals surface area contributed by atoms with Gasteiger partial charge in [0, 0.05) is 6.61 Å². The lowest BCUT2D eigenvalue weighted by atomic mass is 10.4. The molecule has 1 rings (SSSR count). The molecular formula is C10H16O4. The zero-order valence-electron chi connectivity index (χ0n) is 8.36. The fourth-order valence-electron chi connectivity index (χ4n) is 1.02. The Hall–Kier alpha value is -0.840. The van der Waals surface area contributed by atoms with E-state index in [-0.39, 0.29) is 6.61 Å². The molecule has 0 radical (unpaired) electrons. The summed E-state index contributed by atoms with van der Waals surface area (Å²) >= 11 is 0. The first kappa shape index (κ1) is 11.2. The van der Waals surface area contributed by atoms with E-state index in [4.69, 9.17) is 19.0 Å². The second kappa shape index (κ2) is 6.59. The van der Waals surface area contributed by atoms with Crippen LogP contribution in [0.25, 0.3) is 0 Å². The number of hydrogen-bond acceptors (Lipinski definition) is 4. The average Bonchev–Trinajstić information content (AvgIpc) is 2.65. The highest BCUT2D eigenvalue weighted by molar-refractivity contribution is 5.05. The van der Waals surface area contributed by atoms with Crippen LogP contribution in [-0.2, 0) is 22.7 Å². The van der Waals surface area contributed by atoms with Gasteiger partial charge in [0.25, 0.3) is 0 Å². The first-order valence-corrected chi connectivity index (χ1v) is 4.70. The van der Waals surface area contributed by atoms with Crippen molar-refractivity contribution >= 4 is 0 Å². The van der Waals surface area contributed by atoms with Gasteiger partial charge in [-0.2, -0.15) is 0 Å². The van der Waals surface area contributed by atoms with E-state index in [1.54, 1.807) is 12.1 Å². The molecule has 0 unspecified atom stereocenters. The van der Waals surface area contributed by atoms with Gasteiger partial charge in [-0.25, -0.2) is 0 Å². The highest BCUT2D eigenvalue weighted by atomic mass is 16.5. The second-order valence-electron chi connectivity index (χ2n) is 2.78. The Morgan fingerprint density at radius 3 is 2.57 bits per heavy atom. The summed E-state index contributed by atoms with van der Waals surface area (Å²) in [5.74, 6) is 1.29. The lowest BCUT2D eigenvalue weighted by Crippen LogP contribution is -2.03. The van der Waals surface area contributed by atoms with Crippen LogP contribution in [-0.4, -0.2) is 24.9 Å². The summed E-state index contributed by atoms with van der Waals surface area (Å²) in [7, 11) is 0. The van der Waals surface area contributed by atoms with Gasteiger partial charge < -0.3 is 19.0 Å². The number of furan rings is 1. The molecule has 0 amide bonds. The van der Waals surface area contributed by atoms with Crippen molar-refractivity contribution in [2.45, 2.75) is 20.1 Å². The third-order valence-corrected chi connectivity index (χ3v) is 1.69. The van der Waals surface area contributed by atoms with E-state index >= 15 is 0 Å². The number of aliphatic hydroxyl groups is 1. The number of ether oxygens (including phenoxy) is 2. The summed E-state index contributed by atoms with van der Waals surface area (Å²) < 4.78 is 15.6. The van der Waals surface area contributed by atoms with Crippen LogP contribution in [0.1, 0.15) is 18.4 Å². The molecule has 0 fully saturated rings. The zero-order chi connectivity index (χ0) is 10.2. The predicted octanol–water partition coefficient (Wildman–Crippen LogP) is 1.32. The van der Waals surface area contributed by atoms with E-state index < -0.39 is 0 Å². The van der Waals surface area contributed by atoms with Crippen molar-refractivity contribution in [2.75, 3.05) is 19.8 Å². The number of rotatable bonds is 7. The molecule has 1 aromatic heterocycles. The molecule has 0 bridgehead atoms. The van der Waals surface area contributed by atoms with Crippen LogP contribution >= 0.6 is 0 Å². The summed E-state index contributed by atoms with van der Waals surface area (Å²) in [6, 6.07) is 3.54. The van der Waals surface area contributed by atoms with E-state index in [0.29, 0.717) is 32.2 Å². The molecule has 0 saturated heterocycles. The van der Waals surface area contributed by atoms with Gasteiger partial charge >= 0.3 is 0 Å². The van der Waals surface area contributed by atoms with Crippen LogP contribution < -0.4 is 0 Å². The second-order valence-corrected chi connectivity index (χ2v) is 2.78. The van der Waals surface area contributed by atoms with E-state index in [9.17, 15) is 0 Å². The Morgan fingerprint density at radius 2 is 1.93 bits per heavy atom. The molecular weight excluding hydrogens is 184 g/mol. The minimum absolute atomic E-state index is 0.0705. The number of hydrogen-bond donors (Lipinski definition) is 1. The first-order valence-electron chi connectivity index (χ1n) is 4.70. The third kappa shape index (κ3) is 3.91. The van der Waals surface area contributed by atoms with Crippen LogP contribution in [0.3, 0.4) is 0 Å². The average molecular weight is 200 g/mol. The quantitative estimate of drug-likeness (QED) is 0.674. The monoisotopic (exact) mass is 200 g/mol. The van der Waals surface area contributed by atoms with Crippen LogP contribution in [0.2, 0.25) is 0 Å². The first-order chi connectivity index (χ1) is 6.86. The lowest BCUT2D eigenvalue weighted by Gasteiger charge is -2.01. The maximum atomic E-state index is 8.74. The summed E-state index contributed by atoms with van der Waals surface area (Å²) in [6.07, 6.45) is 0. The summed E-state index contributed by atoms with van der Waals surface area (Å²) in [5.41, 5.74) is 0. The summed E-state index contributed by atoms with van der Waals surface area (Å²) in [4.78, 5) is 0. The van der Waals surface area contributed by atoms with Crippen molar-refractivity contribution in [3.05, 3.63) is 23.7 Å². The van der Waals surface area contributed by atoms with Crippen LogP contribution in [0.15, 0.2) is 16.5 Å². The van der Waals surface area contributed by atoms with Crippen molar-refractivity contribution in [1.29, 1.82) is 0 Å². The standard InChI is InChI=1S/C10H16O4/c1-2-12-5-6-13-8-10-4-3-9(7-11)14-10/h3-4,11H,2,5-8H2,1H3. The molecule has 4 nitrogen and oxygen atoms in total. The Balaban J connectivity index is 2.12. The molecule has 1 aromatic rings. The molecule has 0 aliphatic carbocycles. The SMILES string of the molecule is CCOCCOCc1ccc(CO)o1. The molecule has 0 atom stereocenters. The molecule has 0 aliphatic rings. The van der Waals surface area contributed by atoms with Gasteiger partial charge in [0.15, 0.2) is 0 Å². The van der Waals surface area contributed by atoms with Gasteiger partial charge in [0.05, 0.1) is 13.2 Å². The van der Waals surface area contributed by atoms with Gasteiger partial charge in [-0.3, -0.25) is 0 Å². The maximum Gasteiger partial charge on any atom is 0.129 e. The summed E-state index contributed by atoms with van der Waals surface area (Å²) in [6.45, 7) is 4.16.